The van der Waals surface area contributed by atoms with E-state index in [1.807, 2.05) is 6.33 Å². The van der Waals surface area contributed by atoms with E-state index in [4.69, 9.17) is 0 Å². The molecule has 1 atom stereocenters. The van der Waals surface area contributed by atoms with Gasteiger partial charge in [0, 0.05) is 30.4 Å². The molecule has 1 aromatic heterocycles. The quantitative estimate of drug-likeness (QED) is 0.845. The first-order valence-electron chi connectivity index (χ1n) is 6.67. The summed E-state index contributed by atoms with van der Waals surface area (Å²) in [5.41, 5.74) is 1.46. The summed E-state index contributed by atoms with van der Waals surface area (Å²) >= 11 is 0. The minimum absolute atomic E-state index is 0.661. The topological polar surface area (TPSA) is 29.9 Å². The van der Waals surface area contributed by atoms with Crippen LogP contribution in [-0.4, -0.2) is 22.1 Å². The van der Waals surface area contributed by atoms with Crippen molar-refractivity contribution in [2.45, 2.75) is 57.0 Å². The van der Waals surface area contributed by atoms with Gasteiger partial charge in [-0.15, -0.1) is 0 Å². The van der Waals surface area contributed by atoms with Crippen molar-refractivity contribution in [3.05, 3.63) is 18.2 Å². The van der Waals surface area contributed by atoms with Crippen LogP contribution >= 0.6 is 0 Å². The molecule has 1 aliphatic carbocycles. The van der Waals surface area contributed by atoms with Gasteiger partial charge in [0.2, 0.25) is 0 Å². The molecule has 88 valence electrons. The molecule has 16 heavy (non-hydrogen) atoms. The third kappa shape index (κ3) is 2.29. The second-order valence-electron chi connectivity index (χ2n) is 5.25. The summed E-state index contributed by atoms with van der Waals surface area (Å²) < 4.78 is 2.38. The molecule has 2 fully saturated rings. The number of nitrogens with zero attached hydrogens (tertiary/aromatic N) is 2. The Hall–Kier alpha value is -0.830. The first kappa shape index (κ1) is 10.3. The Labute approximate surface area is 97.3 Å². The normalized spacial score (nSPS) is 26.6. The highest BCUT2D eigenvalue weighted by Crippen LogP contribution is 2.39. The van der Waals surface area contributed by atoms with E-state index in [1.165, 1.54) is 50.8 Å². The van der Waals surface area contributed by atoms with E-state index in [9.17, 15) is 0 Å². The highest BCUT2D eigenvalue weighted by atomic mass is 15.1. The Morgan fingerprint density at radius 3 is 3.06 bits per heavy atom. The molecule has 1 saturated carbocycles. The summed E-state index contributed by atoms with van der Waals surface area (Å²) in [7, 11) is 0. The van der Waals surface area contributed by atoms with Crippen LogP contribution in [0.3, 0.4) is 0 Å². The van der Waals surface area contributed by atoms with Crippen molar-refractivity contribution in [2.24, 2.45) is 0 Å². The zero-order valence-corrected chi connectivity index (χ0v) is 9.86. The Morgan fingerprint density at radius 1 is 1.25 bits per heavy atom. The molecule has 1 aromatic rings. The van der Waals surface area contributed by atoms with Crippen LogP contribution in [0.2, 0.25) is 0 Å². The van der Waals surface area contributed by atoms with Crippen LogP contribution in [0, 0.1) is 0 Å². The average Bonchev–Trinajstić information content (AvgIpc) is 3.07. The van der Waals surface area contributed by atoms with Crippen LogP contribution in [0.4, 0.5) is 0 Å². The van der Waals surface area contributed by atoms with Crippen LogP contribution in [0.15, 0.2) is 12.5 Å². The van der Waals surface area contributed by atoms with Gasteiger partial charge in [0.25, 0.3) is 0 Å². The Balaban J connectivity index is 1.65. The van der Waals surface area contributed by atoms with Gasteiger partial charge in [-0.2, -0.15) is 0 Å². The van der Waals surface area contributed by atoms with E-state index in [2.05, 4.69) is 21.1 Å². The van der Waals surface area contributed by atoms with Crippen molar-refractivity contribution >= 4 is 0 Å². The molecule has 1 aliphatic heterocycles. The maximum absolute atomic E-state index is 4.31. The number of hydrogen-bond acceptors (Lipinski definition) is 2. The minimum atomic E-state index is 0.661. The van der Waals surface area contributed by atoms with E-state index in [1.54, 1.807) is 0 Å². The molecule has 0 aromatic carbocycles. The van der Waals surface area contributed by atoms with Gasteiger partial charge in [-0.1, -0.05) is 12.8 Å². The molecule has 3 nitrogen and oxygen atoms in total. The summed E-state index contributed by atoms with van der Waals surface area (Å²) in [6, 6.07) is 0.661. The average molecular weight is 219 g/mol. The summed E-state index contributed by atoms with van der Waals surface area (Å²) in [6.45, 7) is 2.31. The second kappa shape index (κ2) is 4.58. The lowest BCUT2D eigenvalue weighted by atomic mass is 10.1. The largest absolute Gasteiger partial charge is 0.333 e. The predicted molar refractivity (Wildman–Crippen MR) is 64.5 cm³/mol. The first-order valence-corrected chi connectivity index (χ1v) is 6.67. The van der Waals surface area contributed by atoms with Crippen molar-refractivity contribution in [3.8, 4) is 0 Å². The number of imidazole rings is 1. The molecule has 0 bridgehead atoms. The van der Waals surface area contributed by atoms with Gasteiger partial charge >= 0.3 is 0 Å². The lowest BCUT2D eigenvalue weighted by molar-refractivity contribution is 0.437. The number of aromatic nitrogens is 2. The van der Waals surface area contributed by atoms with Crippen molar-refractivity contribution < 1.29 is 0 Å². The monoisotopic (exact) mass is 219 g/mol. The van der Waals surface area contributed by atoms with Crippen molar-refractivity contribution in [3.63, 3.8) is 0 Å². The summed E-state index contributed by atoms with van der Waals surface area (Å²) in [4.78, 5) is 4.31. The Kier molecular flexibility index (Phi) is 2.96. The molecule has 3 rings (SSSR count). The maximum atomic E-state index is 4.31. The zero-order valence-electron chi connectivity index (χ0n) is 9.86. The molecular weight excluding hydrogens is 198 g/mol. The van der Waals surface area contributed by atoms with Gasteiger partial charge in [-0.05, 0) is 32.2 Å². The van der Waals surface area contributed by atoms with E-state index < -0.39 is 0 Å². The number of nitrogens with one attached hydrogen (secondary N) is 1. The molecule has 1 unspecified atom stereocenters. The molecular formula is C13H21N3. The molecule has 1 saturated heterocycles. The molecule has 2 heterocycles. The first-order chi connectivity index (χ1) is 7.93. The summed E-state index contributed by atoms with van der Waals surface area (Å²) in [6.07, 6.45) is 12.2. The molecule has 0 radical (unpaired) electrons. The molecule has 1 N–H and O–H groups in total. The predicted octanol–water partition coefficient (Wildman–Crippen LogP) is 2.29. The van der Waals surface area contributed by atoms with Crippen molar-refractivity contribution in [2.75, 3.05) is 6.54 Å². The standard InChI is InChI=1S/C13H21N3/c1-2-4-12(15-7-3-1)9-16-10-14-8-13(16)11-5-6-11/h8,10-12,15H,1-7,9H2. The van der Waals surface area contributed by atoms with Crippen LogP contribution in [0.1, 0.15) is 50.1 Å². The molecule has 0 spiro atoms. The van der Waals surface area contributed by atoms with Gasteiger partial charge < -0.3 is 9.88 Å². The lowest BCUT2D eigenvalue weighted by Gasteiger charge is -2.17. The van der Waals surface area contributed by atoms with E-state index in [0.717, 1.165) is 12.5 Å². The second-order valence-corrected chi connectivity index (χ2v) is 5.25. The number of hydrogen-bond donors (Lipinski definition) is 1. The Morgan fingerprint density at radius 2 is 2.19 bits per heavy atom. The number of rotatable bonds is 3. The van der Waals surface area contributed by atoms with Gasteiger partial charge in [0.1, 0.15) is 0 Å². The molecule has 0 amide bonds. The fourth-order valence-corrected chi connectivity index (χ4v) is 2.70. The molecule has 2 aliphatic rings. The van der Waals surface area contributed by atoms with Crippen molar-refractivity contribution in [1.82, 2.24) is 14.9 Å². The van der Waals surface area contributed by atoms with Gasteiger partial charge in [0.15, 0.2) is 0 Å². The maximum Gasteiger partial charge on any atom is 0.0948 e. The fourth-order valence-electron chi connectivity index (χ4n) is 2.70. The van der Waals surface area contributed by atoms with Crippen LogP contribution in [0.5, 0.6) is 0 Å². The van der Waals surface area contributed by atoms with Crippen molar-refractivity contribution in [1.29, 1.82) is 0 Å². The highest BCUT2D eigenvalue weighted by molar-refractivity contribution is 5.12. The lowest BCUT2D eigenvalue weighted by Crippen LogP contribution is -2.32. The molecule has 3 heteroatoms. The van der Waals surface area contributed by atoms with Gasteiger partial charge in [-0.25, -0.2) is 4.98 Å². The summed E-state index contributed by atoms with van der Waals surface area (Å²) in [5, 5.41) is 3.66. The van der Waals surface area contributed by atoms with Crippen LogP contribution in [0.25, 0.3) is 0 Å². The third-order valence-electron chi connectivity index (χ3n) is 3.82. The fraction of sp³-hybridized carbons (Fsp3) is 0.769. The highest BCUT2D eigenvalue weighted by Gasteiger charge is 2.27. The van der Waals surface area contributed by atoms with E-state index in [-0.39, 0.29) is 0 Å². The van der Waals surface area contributed by atoms with Crippen LogP contribution < -0.4 is 5.32 Å². The van der Waals surface area contributed by atoms with Crippen LogP contribution in [-0.2, 0) is 6.54 Å². The summed E-state index contributed by atoms with van der Waals surface area (Å²) in [5.74, 6) is 0.813. The van der Waals surface area contributed by atoms with Gasteiger partial charge in [0.05, 0.1) is 6.33 Å². The van der Waals surface area contributed by atoms with E-state index in [0.29, 0.717) is 6.04 Å². The third-order valence-corrected chi connectivity index (χ3v) is 3.82. The zero-order chi connectivity index (χ0) is 10.8. The SMILES string of the molecule is c1ncn(CC2CCCCCN2)c1C1CC1. The Bertz CT molecular complexity index is 333. The minimum Gasteiger partial charge on any atom is -0.333 e. The van der Waals surface area contributed by atoms with Gasteiger partial charge in [-0.3, -0.25) is 0 Å². The van der Waals surface area contributed by atoms with E-state index >= 15 is 0 Å². The smallest absolute Gasteiger partial charge is 0.0948 e.